The van der Waals surface area contributed by atoms with Crippen molar-refractivity contribution < 1.29 is 4.79 Å². The predicted molar refractivity (Wildman–Crippen MR) is 93.6 cm³/mol. The molecule has 1 N–H and O–H groups in total. The average Bonchev–Trinajstić information content (AvgIpc) is 2.85. The fraction of sp³-hybridized carbons (Fsp3) is 0.778. The minimum Gasteiger partial charge on any atom is -0.338 e. The van der Waals surface area contributed by atoms with Crippen LogP contribution in [-0.4, -0.2) is 40.1 Å². The molecule has 130 valence electrons. The summed E-state index contributed by atoms with van der Waals surface area (Å²) >= 11 is 0. The molecule has 1 aliphatic heterocycles. The molecule has 0 saturated carbocycles. The molecule has 23 heavy (non-hydrogen) atoms. The summed E-state index contributed by atoms with van der Waals surface area (Å²) in [4.78, 5) is 18.9. The van der Waals surface area contributed by atoms with Gasteiger partial charge in [-0.1, -0.05) is 13.8 Å². The van der Waals surface area contributed by atoms with Crippen molar-refractivity contribution in [2.45, 2.75) is 59.9 Å². The van der Waals surface area contributed by atoms with Gasteiger partial charge in [0, 0.05) is 44.0 Å². The molecule has 0 radical (unpaired) electrons. The number of hydrogen-bond donors (Lipinski definition) is 1. The standard InChI is InChI=1S/C18H32N4O/c1-13(2)10-20-18(23)21-8-6-7-16(12-21)9-17-19-11-15(5)22(17)14(3)4/h11,13-14,16H,6-10,12H2,1-5H3,(H,20,23). The van der Waals surface area contributed by atoms with Crippen LogP contribution in [0.3, 0.4) is 0 Å². The van der Waals surface area contributed by atoms with Crippen LogP contribution in [0.5, 0.6) is 0 Å². The van der Waals surface area contributed by atoms with Gasteiger partial charge >= 0.3 is 6.03 Å². The van der Waals surface area contributed by atoms with Crippen LogP contribution in [0.1, 0.15) is 58.1 Å². The van der Waals surface area contributed by atoms with E-state index in [0.29, 0.717) is 17.9 Å². The first kappa shape index (κ1) is 17.8. The molecule has 5 nitrogen and oxygen atoms in total. The van der Waals surface area contributed by atoms with Gasteiger partial charge in [-0.15, -0.1) is 0 Å². The maximum absolute atomic E-state index is 12.3. The fourth-order valence-electron chi connectivity index (χ4n) is 3.43. The highest BCUT2D eigenvalue weighted by molar-refractivity contribution is 5.74. The lowest BCUT2D eigenvalue weighted by atomic mass is 9.94. The monoisotopic (exact) mass is 320 g/mol. The molecule has 0 bridgehead atoms. The minimum atomic E-state index is 0.0896. The number of aryl methyl sites for hydroxylation is 1. The van der Waals surface area contributed by atoms with Crippen molar-refractivity contribution in [2.24, 2.45) is 11.8 Å². The van der Waals surface area contributed by atoms with Crippen molar-refractivity contribution in [3.63, 3.8) is 0 Å². The van der Waals surface area contributed by atoms with Gasteiger partial charge in [-0.25, -0.2) is 9.78 Å². The summed E-state index contributed by atoms with van der Waals surface area (Å²) in [5.74, 6) is 2.15. The Labute approximate surface area is 140 Å². The second kappa shape index (κ2) is 7.84. The largest absolute Gasteiger partial charge is 0.338 e. The Morgan fingerprint density at radius 1 is 1.39 bits per heavy atom. The van der Waals surface area contributed by atoms with E-state index in [1.165, 1.54) is 12.1 Å². The maximum atomic E-state index is 12.3. The molecule has 0 aliphatic carbocycles. The molecule has 2 rings (SSSR count). The molecular weight excluding hydrogens is 288 g/mol. The van der Waals surface area contributed by atoms with Gasteiger partial charge < -0.3 is 14.8 Å². The Bertz CT molecular complexity index is 521. The van der Waals surface area contributed by atoms with Gasteiger partial charge in [0.2, 0.25) is 0 Å². The number of piperidine rings is 1. The van der Waals surface area contributed by atoms with Crippen LogP contribution in [0.15, 0.2) is 6.20 Å². The van der Waals surface area contributed by atoms with E-state index < -0.39 is 0 Å². The second-order valence-corrected chi connectivity index (χ2v) is 7.52. The number of hydrogen-bond acceptors (Lipinski definition) is 2. The number of nitrogens with one attached hydrogen (secondary N) is 1. The average molecular weight is 320 g/mol. The van der Waals surface area contributed by atoms with Crippen LogP contribution >= 0.6 is 0 Å². The smallest absolute Gasteiger partial charge is 0.317 e. The van der Waals surface area contributed by atoms with Gasteiger partial charge in [-0.3, -0.25) is 0 Å². The number of urea groups is 1. The highest BCUT2D eigenvalue weighted by atomic mass is 16.2. The van der Waals surface area contributed by atoms with Gasteiger partial charge in [-0.2, -0.15) is 0 Å². The molecule has 2 heterocycles. The topological polar surface area (TPSA) is 50.2 Å². The molecule has 5 heteroatoms. The molecule has 1 aliphatic rings. The Kier molecular flexibility index (Phi) is 6.08. The molecule has 0 spiro atoms. The van der Waals surface area contributed by atoms with E-state index in [4.69, 9.17) is 0 Å². The van der Waals surface area contributed by atoms with Gasteiger partial charge in [0.15, 0.2) is 0 Å². The van der Waals surface area contributed by atoms with Gasteiger partial charge in [0.25, 0.3) is 0 Å². The minimum absolute atomic E-state index is 0.0896. The second-order valence-electron chi connectivity index (χ2n) is 7.52. The van der Waals surface area contributed by atoms with E-state index in [0.717, 1.165) is 38.3 Å². The van der Waals surface area contributed by atoms with Crippen LogP contribution in [0.4, 0.5) is 4.79 Å². The lowest BCUT2D eigenvalue weighted by Gasteiger charge is -2.33. The van der Waals surface area contributed by atoms with E-state index in [2.05, 4.69) is 49.5 Å². The Morgan fingerprint density at radius 3 is 2.78 bits per heavy atom. The van der Waals surface area contributed by atoms with E-state index in [1.807, 2.05) is 11.1 Å². The first-order chi connectivity index (χ1) is 10.9. The van der Waals surface area contributed by atoms with Crippen molar-refractivity contribution in [3.8, 4) is 0 Å². The van der Waals surface area contributed by atoms with E-state index >= 15 is 0 Å². The van der Waals surface area contributed by atoms with Gasteiger partial charge in [-0.05, 0) is 45.4 Å². The van der Waals surface area contributed by atoms with Crippen molar-refractivity contribution in [2.75, 3.05) is 19.6 Å². The van der Waals surface area contributed by atoms with Gasteiger partial charge in [0.1, 0.15) is 5.82 Å². The fourth-order valence-corrected chi connectivity index (χ4v) is 3.43. The molecule has 1 aromatic rings. The molecule has 1 saturated heterocycles. The van der Waals surface area contributed by atoms with Crippen molar-refractivity contribution in [1.29, 1.82) is 0 Å². The van der Waals surface area contributed by atoms with Crippen molar-refractivity contribution >= 4 is 6.03 Å². The van der Waals surface area contributed by atoms with E-state index in [1.54, 1.807) is 0 Å². The third-order valence-corrected chi connectivity index (χ3v) is 4.51. The van der Waals surface area contributed by atoms with E-state index in [9.17, 15) is 4.79 Å². The molecule has 1 atom stereocenters. The zero-order valence-corrected chi connectivity index (χ0v) is 15.3. The number of carbonyl (C=O) groups is 1. The van der Waals surface area contributed by atoms with Crippen LogP contribution in [0, 0.1) is 18.8 Å². The number of carbonyl (C=O) groups excluding carboxylic acids is 1. The SMILES string of the molecule is Cc1cnc(CC2CCCN(C(=O)NCC(C)C)C2)n1C(C)C. The number of rotatable bonds is 5. The lowest BCUT2D eigenvalue weighted by Crippen LogP contribution is -2.46. The van der Waals surface area contributed by atoms with Crippen LogP contribution in [0.25, 0.3) is 0 Å². The van der Waals surface area contributed by atoms with Crippen LogP contribution in [0.2, 0.25) is 0 Å². The zero-order valence-electron chi connectivity index (χ0n) is 15.3. The highest BCUT2D eigenvalue weighted by Crippen LogP contribution is 2.23. The quantitative estimate of drug-likeness (QED) is 0.904. The van der Waals surface area contributed by atoms with Crippen LogP contribution in [-0.2, 0) is 6.42 Å². The Hall–Kier alpha value is -1.52. The first-order valence-corrected chi connectivity index (χ1v) is 8.94. The van der Waals surface area contributed by atoms with Crippen molar-refractivity contribution in [1.82, 2.24) is 19.8 Å². The summed E-state index contributed by atoms with van der Waals surface area (Å²) in [5.41, 5.74) is 1.22. The van der Waals surface area contributed by atoms with Crippen LogP contribution < -0.4 is 5.32 Å². The summed E-state index contributed by atoms with van der Waals surface area (Å²) in [6, 6.07) is 0.522. The molecule has 0 aromatic carbocycles. The Morgan fingerprint density at radius 2 is 2.13 bits per heavy atom. The summed E-state index contributed by atoms with van der Waals surface area (Å²) in [6.45, 7) is 13.2. The lowest BCUT2D eigenvalue weighted by molar-refractivity contribution is 0.163. The molecule has 2 amide bonds. The molecule has 1 fully saturated rings. The number of nitrogens with zero attached hydrogens (tertiary/aromatic N) is 3. The summed E-state index contributed by atoms with van der Waals surface area (Å²) < 4.78 is 2.32. The Balaban J connectivity index is 1.95. The van der Waals surface area contributed by atoms with Crippen molar-refractivity contribution in [3.05, 3.63) is 17.7 Å². The summed E-state index contributed by atoms with van der Waals surface area (Å²) in [5, 5.41) is 3.04. The maximum Gasteiger partial charge on any atom is 0.317 e. The normalized spacial score (nSPS) is 18.7. The van der Waals surface area contributed by atoms with E-state index in [-0.39, 0.29) is 6.03 Å². The zero-order chi connectivity index (χ0) is 17.0. The number of amides is 2. The molecule has 1 aromatic heterocycles. The summed E-state index contributed by atoms with van der Waals surface area (Å²) in [6.07, 6.45) is 5.18. The predicted octanol–water partition coefficient (Wildman–Crippen LogP) is 3.39. The number of aromatic nitrogens is 2. The summed E-state index contributed by atoms with van der Waals surface area (Å²) in [7, 11) is 0. The third kappa shape index (κ3) is 4.72. The third-order valence-electron chi connectivity index (χ3n) is 4.51. The molecule has 1 unspecified atom stereocenters. The number of likely N-dealkylation sites (tertiary alicyclic amines) is 1. The molecular formula is C18H32N4O. The van der Waals surface area contributed by atoms with Gasteiger partial charge in [0.05, 0.1) is 0 Å². The highest BCUT2D eigenvalue weighted by Gasteiger charge is 2.25. The first-order valence-electron chi connectivity index (χ1n) is 8.94. The number of imidazole rings is 1.